The summed E-state index contributed by atoms with van der Waals surface area (Å²) >= 11 is 0. The maximum absolute atomic E-state index is 12.1. The van der Waals surface area contributed by atoms with Crippen LogP contribution in [0.2, 0.25) is 0 Å². The Bertz CT molecular complexity index is 1000. The van der Waals surface area contributed by atoms with E-state index in [0.717, 1.165) is 16.3 Å². The van der Waals surface area contributed by atoms with Gasteiger partial charge in [0, 0.05) is 11.5 Å². The lowest BCUT2D eigenvalue weighted by Crippen LogP contribution is -2.34. The third-order valence-corrected chi connectivity index (χ3v) is 4.84. The molecule has 0 saturated heterocycles. The molecule has 0 radical (unpaired) electrons. The molecule has 0 spiro atoms. The van der Waals surface area contributed by atoms with Gasteiger partial charge in [0.1, 0.15) is 5.75 Å². The maximum atomic E-state index is 12.1. The standard InChI is InChI=1S/C22H19NO3/c1-22(14-23,21(24)25)20(18-11-5-6-13-19(18)26-2)17-12-7-9-15-8-3-4-10-16(15)17/h3-13,20H,1-2H3,(H,24,25)/t20?,22-/m0/s1. The smallest absolute Gasteiger partial charge is 0.324 e. The maximum Gasteiger partial charge on any atom is 0.324 e. The summed E-state index contributed by atoms with van der Waals surface area (Å²) in [6.07, 6.45) is 0. The summed E-state index contributed by atoms with van der Waals surface area (Å²) in [6, 6.07) is 22.8. The number of hydrogen-bond acceptors (Lipinski definition) is 3. The van der Waals surface area contributed by atoms with Crippen LogP contribution in [-0.2, 0) is 4.79 Å². The molecule has 0 aliphatic heterocycles. The number of methoxy groups -OCH3 is 1. The van der Waals surface area contributed by atoms with Crippen LogP contribution in [0, 0.1) is 16.7 Å². The molecule has 0 amide bonds. The molecule has 3 aromatic rings. The molecule has 130 valence electrons. The Balaban J connectivity index is 2.38. The van der Waals surface area contributed by atoms with Gasteiger partial charge in [-0.2, -0.15) is 5.26 Å². The molecule has 0 aromatic heterocycles. The van der Waals surface area contributed by atoms with E-state index in [2.05, 4.69) is 0 Å². The fourth-order valence-electron chi connectivity index (χ4n) is 3.43. The van der Waals surface area contributed by atoms with Crippen LogP contribution in [0.1, 0.15) is 24.0 Å². The molecule has 4 nitrogen and oxygen atoms in total. The second-order valence-corrected chi connectivity index (χ2v) is 6.36. The van der Waals surface area contributed by atoms with Gasteiger partial charge in [-0.25, -0.2) is 0 Å². The van der Waals surface area contributed by atoms with E-state index < -0.39 is 17.3 Å². The SMILES string of the molecule is COc1ccccc1C(c1cccc2ccccc12)[C@](C)(C#N)C(=O)O. The summed E-state index contributed by atoms with van der Waals surface area (Å²) in [7, 11) is 1.55. The third kappa shape index (κ3) is 2.78. The van der Waals surface area contributed by atoms with E-state index in [1.54, 1.807) is 13.2 Å². The van der Waals surface area contributed by atoms with Gasteiger partial charge in [-0.05, 0) is 29.3 Å². The van der Waals surface area contributed by atoms with E-state index in [0.29, 0.717) is 11.3 Å². The number of para-hydroxylation sites is 1. The summed E-state index contributed by atoms with van der Waals surface area (Å²) in [4.78, 5) is 12.1. The van der Waals surface area contributed by atoms with Gasteiger partial charge >= 0.3 is 5.97 Å². The largest absolute Gasteiger partial charge is 0.496 e. The molecule has 0 aliphatic carbocycles. The number of ether oxygens (including phenoxy) is 1. The monoisotopic (exact) mass is 345 g/mol. The number of fused-ring (bicyclic) bond motifs is 1. The molecule has 26 heavy (non-hydrogen) atoms. The van der Waals surface area contributed by atoms with Crippen LogP contribution in [0.15, 0.2) is 66.7 Å². The number of benzene rings is 3. The van der Waals surface area contributed by atoms with E-state index in [4.69, 9.17) is 4.74 Å². The average molecular weight is 345 g/mol. The van der Waals surface area contributed by atoms with Crippen LogP contribution in [0.25, 0.3) is 10.8 Å². The number of aliphatic carboxylic acids is 1. The van der Waals surface area contributed by atoms with Crippen molar-refractivity contribution >= 4 is 16.7 Å². The van der Waals surface area contributed by atoms with E-state index >= 15 is 0 Å². The molecular weight excluding hydrogens is 326 g/mol. The van der Waals surface area contributed by atoms with Crippen molar-refractivity contribution in [3.05, 3.63) is 77.9 Å². The zero-order valence-corrected chi connectivity index (χ0v) is 14.6. The predicted octanol–water partition coefficient (Wildman–Crippen LogP) is 4.59. The zero-order valence-electron chi connectivity index (χ0n) is 14.6. The minimum atomic E-state index is -1.65. The normalized spacial score (nSPS) is 14.2. The number of nitrogens with zero attached hydrogens (tertiary/aromatic N) is 1. The van der Waals surface area contributed by atoms with Gasteiger partial charge in [-0.1, -0.05) is 60.7 Å². The van der Waals surface area contributed by atoms with Crippen molar-refractivity contribution < 1.29 is 14.6 Å². The molecule has 1 unspecified atom stereocenters. The molecule has 3 rings (SSSR count). The van der Waals surface area contributed by atoms with Crippen molar-refractivity contribution in [3.8, 4) is 11.8 Å². The fraction of sp³-hybridized carbons (Fsp3) is 0.182. The number of carbonyl (C=O) groups is 1. The second kappa shape index (κ2) is 6.89. The minimum absolute atomic E-state index is 0.563. The topological polar surface area (TPSA) is 70.3 Å². The highest BCUT2D eigenvalue weighted by atomic mass is 16.5. The quantitative estimate of drug-likeness (QED) is 0.734. The highest BCUT2D eigenvalue weighted by molar-refractivity contribution is 5.89. The molecule has 1 N–H and O–H groups in total. The molecule has 4 heteroatoms. The van der Waals surface area contributed by atoms with Crippen molar-refractivity contribution in [1.29, 1.82) is 5.26 Å². The molecule has 2 atom stereocenters. The van der Waals surface area contributed by atoms with Crippen molar-refractivity contribution in [3.63, 3.8) is 0 Å². The molecule has 0 heterocycles. The number of nitriles is 1. The van der Waals surface area contributed by atoms with Crippen molar-refractivity contribution in [1.82, 2.24) is 0 Å². The third-order valence-electron chi connectivity index (χ3n) is 4.84. The van der Waals surface area contributed by atoms with Crippen LogP contribution in [-0.4, -0.2) is 18.2 Å². The average Bonchev–Trinajstić information content (AvgIpc) is 2.68. The number of carboxylic acids is 1. The van der Waals surface area contributed by atoms with Gasteiger partial charge in [0.15, 0.2) is 5.41 Å². The van der Waals surface area contributed by atoms with Gasteiger partial charge in [0.05, 0.1) is 13.2 Å². The summed E-state index contributed by atoms with van der Waals surface area (Å²) in [5.74, 6) is -1.29. The summed E-state index contributed by atoms with van der Waals surface area (Å²) in [6.45, 7) is 1.47. The van der Waals surface area contributed by atoms with Crippen LogP contribution in [0.3, 0.4) is 0 Å². The number of hydrogen-bond donors (Lipinski definition) is 1. The Morgan fingerprint density at radius 3 is 2.35 bits per heavy atom. The molecule has 0 fully saturated rings. The Hall–Kier alpha value is -3.32. The lowest BCUT2D eigenvalue weighted by molar-refractivity contribution is -0.145. The highest BCUT2D eigenvalue weighted by Crippen LogP contribution is 2.46. The fourth-order valence-corrected chi connectivity index (χ4v) is 3.43. The minimum Gasteiger partial charge on any atom is -0.496 e. The molecule has 3 aromatic carbocycles. The second-order valence-electron chi connectivity index (χ2n) is 6.36. The number of carboxylic acid groups (broad SMARTS) is 1. The van der Waals surface area contributed by atoms with Gasteiger partial charge in [0.25, 0.3) is 0 Å². The van der Waals surface area contributed by atoms with E-state index in [1.807, 2.05) is 66.7 Å². The molecular formula is C22H19NO3. The summed E-state index contributed by atoms with van der Waals surface area (Å²) < 4.78 is 5.48. The van der Waals surface area contributed by atoms with E-state index in [-0.39, 0.29) is 0 Å². The highest BCUT2D eigenvalue weighted by Gasteiger charge is 2.45. The van der Waals surface area contributed by atoms with Gasteiger partial charge in [0.2, 0.25) is 0 Å². The zero-order chi connectivity index (χ0) is 18.7. The predicted molar refractivity (Wildman–Crippen MR) is 100 cm³/mol. The Labute approximate surface area is 152 Å². The van der Waals surface area contributed by atoms with Crippen molar-refractivity contribution in [2.75, 3.05) is 7.11 Å². The van der Waals surface area contributed by atoms with Gasteiger partial charge in [-0.15, -0.1) is 0 Å². The van der Waals surface area contributed by atoms with E-state index in [1.165, 1.54) is 6.92 Å². The first-order valence-corrected chi connectivity index (χ1v) is 8.28. The Morgan fingerprint density at radius 1 is 1.04 bits per heavy atom. The summed E-state index contributed by atoms with van der Waals surface area (Å²) in [5.41, 5.74) is -0.185. The summed E-state index contributed by atoms with van der Waals surface area (Å²) in [5, 5.41) is 21.6. The van der Waals surface area contributed by atoms with Crippen LogP contribution < -0.4 is 4.74 Å². The van der Waals surface area contributed by atoms with Gasteiger partial charge in [-0.3, -0.25) is 4.79 Å². The van der Waals surface area contributed by atoms with Crippen molar-refractivity contribution in [2.45, 2.75) is 12.8 Å². The van der Waals surface area contributed by atoms with Crippen LogP contribution in [0.4, 0.5) is 0 Å². The molecule has 0 saturated carbocycles. The van der Waals surface area contributed by atoms with E-state index in [9.17, 15) is 15.2 Å². The number of rotatable bonds is 5. The molecule has 0 aliphatic rings. The first kappa shape index (κ1) is 17.5. The van der Waals surface area contributed by atoms with Gasteiger partial charge < -0.3 is 9.84 Å². The van der Waals surface area contributed by atoms with Crippen LogP contribution in [0.5, 0.6) is 5.75 Å². The lowest BCUT2D eigenvalue weighted by Gasteiger charge is -2.30. The Kier molecular flexibility index (Phi) is 4.64. The first-order valence-electron chi connectivity index (χ1n) is 8.28. The van der Waals surface area contributed by atoms with Crippen LogP contribution >= 0.6 is 0 Å². The lowest BCUT2D eigenvalue weighted by atomic mass is 9.69. The van der Waals surface area contributed by atoms with Crippen molar-refractivity contribution in [2.24, 2.45) is 5.41 Å². The molecule has 0 bridgehead atoms. The Morgan fingerprint density at radius 2 is 1.65 bits per heavy atom. The first-order chi connectivity index (χ1) is 12.5.